The molecule has 0 saturated carbocycles. The van der Waals surface area contributed by atoms with E-state index in [0.29, 0.717) is 5.75 Å². The van der Waals surface area contributed by atoms with E-state index in [4.69, 9.17) is 10.2 Å². The maximum Gasteiger partial charge on any atom is 0.332 e. The number of thiazole rings is 1. The number of benzene rings is 1. The first-order chi connectivity index (χ1) is 8.66. The number of aliphatic hydroxyl groups excluding tert-OH is 1. The van der Waals surface area contributed by atoms with Crippen molar-refractivity contribution >= 4 is 39.3 Å². The summed E-state index contributed by atoms with van der Waals surface area (Å²) in [6, 6.07) is 7.96. The topological polar surface area (TPSA) is 70.4 Å². The van der Waals surface area contributed by atoms with E-state index in [1.54, 1.807) is 23.1 Å². The molecule has 0 aliphatic rings. The standard InChI is InChI=1S/C12H13NO3S2/c14-9(12(15)16)5-6-17-7-11-13-8-3-1-2-4-10(8)18-11/h1-4,9,14H,5-7H2,(H,15,16). The number of carbonyl (C=O) groups is 1. The van der Waals surface area contributed by atoms with E-state index in [0.717, 1.165) is 16.3 Å². The Labute approximate surface area is 113 Å². The van der Waals surface area contributed by atoms with Crippen molar-refractivity contribution in [3.05, 3.63) is 29.3 Å². The first kappa shape index (κ1) is 13.3. The van der Waals surface area contributed by atoms with Gasteiger partial charge in [0.05, 0.1) is 10.2 Å². The Kier molecular flexibility index (Phi) is 4.57. The van der Waals surface area contributed by atoms with Gasteiger partial charge in [0.25, 0.3) is 0 Å². The summed E-state index contributed by atoms with van der Waals surface area (Å²) < 4.78 is 1.17. The van der Waals surface area contributed by atoms with Crippen molar-refractivity contribution in [1.82, 2.24) is 4.98 Å². The number of aliphatic carboxylic acids is 1. The molecule has 1 atom stereocenters. The number of hydrogen-bond donors (Lipinski definition) is 2. The van der Waals surface area contributed by atoms with Gasteiger partial charge in [-0.1, -0.05) is 12.1 Å². The lowest BCUT2D eigenvalue weighted by molar-refractivity contribution is -0.146. The van der Waals surface area contributed by atoms with Gasteiger partial charge in [-0.2, -0.15) is 11.8 Å². The van der Waals surface area contributed by atoms with Gasteiger partial charge >= 0.3 is 5.97 Å². The third-order valence-electron chi connectivity index (χ3n) is 2.38. The Morgan fingerprint density at radius 3 is 2.94 bits per heavy atom. The van der Waals surface area contributed by atoms with Crippen LogP contribution in [0.3, 0.4) is 0 Å². The molecule has 0 fully saturated rings. The third kappa shape index (κ3) is 3.44. The van der Waals surface area contributed by atoms with Gasteiger partial charge in [-0.25, -0.2) is 9.78 Å². The molecule has 0 radical (unpaired) electrons. The fourth-order valence-electron chi connectivity index (χ4n) is 1.46. The molecule has 0 amide bonds. The van der Waals surface area contributed by atoms with Crippen molar-refractivity contribution in [2.24, 2.45) is 0 Å². The average molecular weight is 283 g/mol. The number of aliphatic hydroxyl groups is 1. The Morgan fingerprint density at radius 1 is 1.44 bits per heavy atom. The highest BCUT2D eigenvalue weighted by Crippen LogP contribution is 2.25. The summed E-state index contributed by atoms with van der Waals surface area (Å²) in [5, 5.41) is 18.7. The van der Waals surface area contributed by atoms with Crippen LogP contribution in [0, 0.1) is 0 Å². The van der Waals surface area contributed by atoms with Crippen LogP contribution in [-0.4, -0.2) is 33.0 Å². The summed E-state index contributed by atoms with van der Waals surface area (Å²) in [4.78, 5) is 14.9. The molecule has 4 nitrogen and oxygen atoms in total. The molecule has 2 aromatic rings. The molecule has 0 aliphatic carbocycles. The summed E-state index contributed by atoms with van der Waals surface area (Å²) in [5.74, 6) is 0.213. The van der Waals surface area contributed by atoms with E-state index < -0.39 is 12.1 Å². The van der Waals surface area contributed by atoms with Crippen LogP contribution in [-0.2, 0) is 10.5 Å². The van der Waals surface area contributed by atoms with Gasteiger partial charge in [0.15, 0.2) is 6.10 Å². The van der Waals surface area contributed by atoms with Crippen LogP contribution in [0.5, 0.6) is 0 Å². The summed E-state index contributed by atoms with van der Waals surface area (Å²) in [7, 11) is 0. The van der Waals surface area contributed by atoms with Gasteiger partial charge in [-0.05, 0) is 24.3 Å². The minimum absolute atomic E-state index is 0.269. The lowest BCUT2D eigenvalue weighted by atomic mass is 10.3. The highest BCUT2D eigenvalue weighted by atomic mass is 32.2. The van der Waals surface area contributed by atoms with Crippen LogP contribution in [0.15, 0.2) is 24.3 Å². The number of rotatable bonds is 6. The quantitative estimate of drug-likeness (QED) is 0.796. The average Bonchev–Trinajstić information content (AvgIpc) is 2.76. The molecule has 0 saturated heterocycles. The number of carboxylic acids is 1. The van der Waals surface area contributed by atoms with E-state index >= 15 is 0 Å². The zero-order chi connectivity index (χ0) is 13.0. The van der Waals surface area contributed by atoms with E-state index in [1.807, 2.05) is 24.3 Å². The molecule has 6 heteroatoms. The van der Waals surface area contributed by atoms with Crippen molar-refractivity contribution in [1.29, 1.82) is 0 Å². The van der Waals surface area contributed by atoms with Crippen LogP contribution in [0.2, 0.25) is 0 Å². The predicted octanol–water partition coefficient (Wildman–Crippen LogP) is 2.37. The van der Waals surface area contributed by atoms with Crippen molar-refractivity contribution in [2.45, 2.75) is 18.3 Å². The molecule has 18 heavy (non-hydrogen) atoms. The SMILES string of the molecule is O=C(O)C(O)CCSCc1nc2ccccc2s1. The predicted molar refractivity (Wildman–Crippen MR) is 74.0 cm³/mol. The third-order valence-corrected chi connectivity index (χ3v) is 4.61. The highest BCUT2D eigenvalue weighted by Gasteiger charge is 2.12. The smallest absolute Gasteiger partial charge is 0.332 e. The number of hydrogen-bond acceptors (Lipinski definition) is 5. The molecule has 0 spiro atoms. The van der Waals surface area contributed by atoms with Crippen LogP contribution in [0.4, 0.5) is 0 Å². The lowest BCUT2D eigenvalue weighted by Gasteiger charge is -2.03. The summed E-state index contributed by atoms with van der Waals surface area (Å²) in [6.45, 7) is 0. The summed E-state index contributed by atoms with van der Waals surface area (Å²) >= 11 is 3.24. The molecular weight excluding hydrogens is 270 g/mol. The fraction of sp³-hybridized carbons (Fsp3) is 0.333. The van der Waals surface area contributed by atoms with Crippen molar-refractivity contribution in [2.75, 3.05) is 5.75 Å². The van der Waals surface area contributed by atoms with Gasteiger partial charge in [-0.3, -0.25) is 0 Å². The second-order valence-corrected chi connectivity index (χ2v) is 5.99. The Hall–Kier alpha value is -1.11. The van der Waals surface area contributed by atoms with Crippen molar-refractivity contribution < 1.29 is 15.0 Å². The minimum atomic E-state index is -1.26. The van der Waals surface area contributed by atoms with Crippen LogP contribution >= 0.6 is 23.1 Å². The number of thioether (sulfide) groups is 1. The number of para-hydroxylation sites is 1. The Balaban J connectivity index is 1.81. The fourth-order valence-corrected chi connectivity index (χ4v) is 3.48. The molecule has 1 unspecified atom stereocenters. The Morgan fingerprint density at radius 2 is 2.22 bits per heavy atom. The molecule has 1 aromatic heterocycles. The number of aromatic nitrogens is 1. The summed E-state index contributed by atoms with van der Waals surface area (Å²) in [5.41, 5.74) is 1.00. The normalized spacial score (nSPS) is 12.7. The Bertz CT molecular complexity index is 508. The zero-order valence-electron chi connectivity index (χ0n) is 9.57. The van der Waals surface area contributed by atoms with Gasteiger partial charge in [0.2, 0.25) is 0 Å². The van der Waals surface area contributed by atoms with E-state index in [2.05, 4.69) is 4.98 Å². The monoisotopic (exact) mass is 283 g/mol. The lowest BCUT2D eigenvalue weighted by Crippen LogP contribution is -2.19. The molecule has 0 bridgehead atoms. The van der Waals surface area contributed by atoms with Crippen LogP contribution < -0.4 is 0 Å². The molecule has 2 N–H and O–H groups in total. The highest BCUT2D eigenvalue weighted by molar-refractivity contribution is 7.98. The van der Waals surface area contributed by atoms with Crippen molar-refractivity contribution in [3.63, 3.8) is 0 Å². The maximum atomic E-state index is 10.4. The molecule has 96 valence electrons. The number of fused-ring (bicyclic) bond motifs is 1. The number of nitrogens with zero attached hydrogens (tertiary/aromatic N) is 1. The largest absolute Gasteiger partial charge is 0.479 e. The van der Waals surface area contributed by atoms with Crippen LogP contribution in [0.25, 0.3) is 10.2 Å². The second-order valence-electron chi connectivity index (χ2n) is 3.77. The minimum Gasteiger partial charge on any atom is -0.479 e. The first-order valence-electron chi connectivity index (χ1n) is 5.50. The van der Waals surface area contributed by atoms with Gasteiger partial charge in [0, 0.05) is 5.75 Å². The number of carboxylic acid groups (broad SMARTS) is 1. The van der Waals surface area contributed by atoms with Gasteiger partial charge in [0.1, 0.15) is 5.01 Å². The molecular formula is C12H13NO3S2. The summed E-state index contributed by atoms with van der Waals surface area (Å²) in [6.07, 6.45) is -0.988. The van der Waals surface area contributed by atoms with Gasteiger partial charge in [-0.15, -0.1) is 11.3 Å². The van der Waals surface area contributed by atoms with E-state index in [1.165, 1.54) is 4.70 Å². The maximum absolute atomic E-state index is 10.4. The van der Waals surface area contributed by atoms with E-state index in [-0.39, 0.29) is 6.42 Å². The van der Waals surface area contributed by atoms with Gasteiger partial charge < -0.3 is 10.2 Å². The second kappa shape index (κ2) is 6.17. The van der Waals surface area contributed by atoms with Crippen molar-refractivity contribution in [3.8, 4) is 0 Å². The molecule has 1 aromatic carbocycles. The first-order valence-corrected chi connectivity index (χ1v) is 7.47. The molecule has 0 aliphatic heterocycles. The van der Waals surface area contributed by atoms with Crippen LogP contribution in [0.1, 0.15) is 11.4 Å². The van der Waals surface area contributed by atoms with E-state index in [9.17, 15) is 4.79 Å². The zero-order valence-corrected chi connectivity index (χ0v) is 11.2. The molecule has 2 rings (SSSR count). The molecule has 1 heterocycles.